The van der Waals surface area contributed by atoms with Gasteiger partial charge in [-0.1, -0.05) is 6.07 Å². The van der Waals surface area contributed by atoms with Gasteiger partial charge < -0.3 is 19.8 Å². The summed E-state index contributed by atoms with van der Waals surface area (Å²) in [7, 11) is 0. The Morgan fingerprint density at radius 1 is 0.897 bits per heavy atom. The van der Waals surface area contributed by atoms with Gasteiger partial charge in [0.25, 0.3) is 0 Å². The molecule has 2 aromatic heterocycles. The minimum Gasteiger partial charge on any atom is -0.475 e. The number of rotatable bonds is 3. The van der Waals surface area contributed by atoms with Crippen molar-refractivity contribution in [3.63, 3.8) is 0 Å². The zero-order valence-corrected chi connectivity index (χ0v) is 20.5. The molecule has 4 heterocycles. The number of aromatic nitrogens is 3. The summed E-state index contributed by atoms with van der Waals surface area (Å²) in [6.07, 6.45) is -2.28. The fourth-order valence-corrected chi connectivity index (χ4v) is 4.03. The van der Waals surface area contributed by atoms with Gasteiger partial charge in [-0.2, -0.15) is 26.3 Å². The summed E-state index contributed by atoms with van der Waals surface area (Å²) in [6.45, 7) is 6.43. The van der Waals surface area contributed by atoms with Gasteiger partial charge in [0.05, 0.1) is 18.9 Å². The summed E-state index contributed by atoms with van der Waals surface area (Å²) in [4.78, 5) is 36.0. The standard InChI is InChI=1S/C19H25N5O.2C2HF3O2/c1-2-7-20-17(5-1)13-23-10-3-6-19(14-23)15-24(11-12-25-16-19)18-21-8-4-9-22-18;2*3-2(4,5)1(6)7/h1-2,4-5,7-9H,3,6,10-16H2;2*(H,6,7). The Morgan fingerprint density at radius 2 is 1.49 bits per heavy atom. The van der Waals surface area contributed by atoms with Gasteiger partial charge in [-0.3, -0.25) is 9.88 Å². The molecule has 0 radical (unpaired) electrons. The van der Waals surface area contributed by atoms with Crippen molar-refractivity contribution in [1.82, 2.24) is 19.9 Å². The van der Waals surface area contributed by atoms with Gasteiger partial charge >= 0.3 is 24.3 Å². The number of likely N-dealkylation sites (tertiary alicyclic amines) is 1. The molecule has 0 amide bonds. The number of carboxylic acid groups (broad SMARTS) is 2. The zero-order chi connectivity index (χ0) is 29.1. The number of ether oxygens (including phenoxy) is 1. The number of pyridine rings is 1. The van der Waals surface area contributed by atoms with Gasteiger partial charge in [0.15, 0.2) is 0 Å². The molecular formula is C23H27F6N5O5. The van der Waals surface area contributed by atoms with Crippen LogP contribution in [0.5, 0.6) is 0 Å². The summed E-state index contributed by atoms with van der Waals surface area (Å²) in [6, 6.07) is 8.00. The number of piperidine rings is 1. The molecule has 1 unspecified atom stereocenters. The number of halogens is 6. The largest absolute Gasteiger partial charge is 0.490 e. The van der Waals surface area contributed by atoms with Crippen LogP contribution in [-0.2, 0) is 20.9 Å². The van der Waals surface area contributed by atoms with Crippen LogP contribution in [0.4, 0.5) is 32.3 Å². The number of hydrogen-bond acceptors (Lipinski definition) is 8. The van der Waals surface area contributed by atoms with Crippen LogP contribution in [0.25, 0.3) is 0 Å². The minimum atomic E-state index is -5.08. The highest BCUT2D eigenvalue weighted by Crippen LogP contribution is 2.34. The van der Waals surface area contributed by atoms with Crippen LogP contribution in [0.15, 0.2) is 42.9 Å². The van der Waals surface area contributed by atoms with E-state index in [1.807, 2.05) is 30.7 Å². The molecule has 2 aromatic rings. The highest BCUT2D eigenvalue weighted by atomic mass is 19.4. The van der Waals surface area contributed by atoms with Crippen molar-refractivity contribution in [3.8, 4) is 0 Å². The molecule has 1 spiro atoms. The predicted molar refractivity (Wildman–Crippen MR) is 124 cm³/mol. The van der Waals surface area contributed by atoms with Crippen LogP contribution in [-0.4, -0.2) is 93.7 Å². The molecule has 16 heteroatoms. The Labute approximate surface area is 219 Å². The number of nitrogens with zero attached hydrogens (tertiary/aromatic N) is 5. The summed E-state index contributed by atoms with van der Waals surface area (Å²) in [5, 5.41) is 14.2. The molecule has 0 saturated carbocycles. The van der Waals surface area contributed by atoms with Gasteiger partial charge in [-0.15, -0.1) is 0 Å². The second-order valence-electron chi connectivity index (χ2n) is 8.76. The van der Waals surface area contributed by atoms with Crippen molar-refractivity contribution in [2.24, 2.45) is 5.41 Å². The molecule has 2 aliphatic rings. The Bertz CT molecular complexity index is 1020. The molecule has 2 aliphatic heterocycles. The third-order valence-electron chi connectivity index (χ3n) is 5.61. The summed E-state index contributed by atoms with van der Waals surface area (Å²) in [5.74, 6) is -4.70. The highest BCUT2D eigenvalue weighted by Gasteiger charge is 2.40. The topological polar surface area (TPSA) is 129 Å². The first-order valence-corrected chi connectivity index (χ1v) is 11.5. The predicted octanol–water partition coefficient (Wildman–Crippen LogP) is 3.26. The first kappa shape index (κ1) is 31.7. The van der Waals surface area contributed by atoms with E-state index >= 15 is 0 Å². The fraction of sp³-hybridized carbons (Fsp3) is 0.522. The van der Waals surface area contributed by atoms with Gasteiger partial charge in [0.2, 0.25) is 5.95 Å². The lowest BCUT2D eigenvalue weighted by Crippen LogP contribution is -2.50. The molecule has 1 atom stereocenters. The average molecular weight is 567 g/mol. The van der Waals surface area contributed by atoms with Crippen LogP contribution in [0, 0.1) is 5.41 Å². The summed E-state index contributed by atoms with van der Waals surface area (Å²) >= 11 is 0. The van der Waals surface area contributed by atoms with Crippen molar-refractivity contribution in [1.29, 1.82) is 0 Å². The normalized spacial score (nSPS) is 20.1. The van der Waals surface area contributed by atoms with E-state index in [0.29, 0.717) is 0 Å². The molecule has 216 valence electrons. The number of aliphatic carboxylic acids is 2. The van der Waals surface area contributed by atoms with Crippen molar-refractivity contribution < 1.29 is 50.9 Å². The second-order valence-corrected chi connectivity index (χ2v) is 8.76. The van der Waals surface area contributed by atoms with E-state index in [1.165, 1.54) is 12.8 Å². The van der Waals surface area contributed by atoms with Gasteiger partial charge in [-0.25, -0.2) is 19.6 Å². The first-order chi connectivity index (χ1) is 18.2. The molecule has 2 saturated heterocycles. The number of carbonyl (C=O) groups is 2. The molecule has 2 fully saturated rings. The Morgan fingerprint density at radius 3 is 2.03 bits per heavy atom. The van der Waals surface area contributed by atoms with Crippen molar-refractivity contribution >= 4 is 17.9 Å². The maximum absolute atomic E-state index is 10.6. The second kappa shape index (κ2) is 14.0. The molecule has 10 nitrogen and oxygen atoms in total. The van der Waals surface area contributed by atoms with E-state index in [0.717, 1.165) is 57.6 Å². The summed E-state index contributed by atoms with van der Waals surface area (Å²) in [5.41, 5.74) is 1.28. The molecular weight excluding hydrogens is 540 g/mol. The maximum atomic E-state index is 10.6. The smallest absolute Gasteiger partial charge is 0.475 e. The lowest BCUT2D eigenvalue weighted by Gasteiger charge is -2.43. The van der Waals surface area contributed by atoms with Crippen molar-refractivity contribution in [2.75, 3.05) is 44.3 Å². The summed E-state index contributed by atoms with van der Waals surface area (Å²) < 4.78 is 69.5. The number of hydrogen-bond donors (Lipinski definition) is 2. The maximum Gasteiger partial charge on any atom is 0.490 e. The van der Waals surface area contributed by atoms with E-state index in [4.69, 9.17) is 24.5 Å². The molecule has 4 rings (SSSR count). The van der Waals surface area contributed by atoms with Gasteiger partial charge in [-0.05, 0) is 37.6 Å². The fourth-order valence-electron chi connectivity index (χ4n) is 4.03. The Hall–Kier alpha value is -3.53. The lowest BCUT2D eigenvalue weighted by molar-refractivity contribution is -0.193. The number of anilines is 1. The van der Waals surface area contributed by atoms with E-state index in [-0.39, 0.29) is 5.41 Å². The quantitative estimate of drug-likeness (QED) is 0.534. The SMILES string of the molecule is O=C(O)C(F)(F)F.O=C(O)C(F)(F)F.c1ccc(CN2CCCC3(COCCN(c4ncccn4)C3)C2)nc1. The minimum absolute atomic E-state index is 0.142. The molecule has 0 aliphatic carbocycles. The average Bonchev–Trinajstić information content (AvgIpc) is 3.07. The van der Waals surface area contributed by atoms with E-state index < -0.39 is 24.3 Å². The monoisotopic (exact) mass is 567 g/mol. The van der Waals surface area contributed by atoms with Crippen LogP contribution < -0.4 is 4.90 Å². The highest BCUT2D eigenvalue weighted by molar-refractivity contribution is 5.73. The lowest BCUT2D eigenvalue weighted by atomic mass is 9.80. The Balaban J connectivity index is 0.000000317. The third-order valence-corrected chi connectivity index (χ3v) is 5.61. The van der Waals surface area contributed by atoms with Crippen LogP contribution in [0.1, 0.15) is 18.5 Å². The molecule has 0 bridgehead atoms. The third kappa shape index (κ3) is 11.0. The van der Waals surface area contributed by atoms with Crippen molar-refractivity contribution in [2.45, 2.75) is 31.7 Å². The molecule has 0 aromatic carbocycles. The van der Waals surface area contributed by atoms with Crippen LogP contribution >= 0.6 is 0 Å². The van der Waals surface area contributed by atoms with E-state index in [2.05, 4.69) is 36.9 Å². The van der Waals surface area contributed by atoms with Crippen LogP contribution in [0.2, 0.25) is 0 Å². The number of alkyl halides is 6. The van der Waals surface area contributed by atoms with Gasteiger partial charge in [0.1, 0.15) is 0 Å². The Kier molecular flexibility index (Phi) is 11.4. The van der Waals surface area contributed by atoms with Crippen LogP contribution in [0.3, 0.4) is 0 Å². The number of carboxylic acids is 2. The van der Waals surface area contributed by atoms with E-state index in [9.17, 15) is 26.3 Å². The first-order valence-electron chi connectivity index (χ1n) is 11.5. The zero-order valence-electron chi connectivity index (χ0n) is 20.5. The molecule has 2 N–H and O–H groups in total. The van der Waals surface area contributed by atoms with Crippen molar-refractivity contribution in [3.05, 3.63) is 48.5 Å². The molecule has 39 heavy (non-hydrogen) atoms. The van der Waals surface area contributed by atoms with E-state index in [1.54, 1.807) is 0 Å². The van der Waals surface area contributed by atoms with Gasteiger partial charge in [0, 0.05) is 50.2 Å².